The number of anilines is 1. The average Bonchev–Trinajstić information content (AvgIpc) is 2.71. The van der Waals surface area contributed by atoms with Crippen LogP contribution < -0.4 is 5.73 Å². The summed E-state index contributed by atoms with van der Waals surface area (Å²) in [5.41, 5.74) is 9.13. The highest BCUT2D eigenvalue weighted by Crippen LogP contribution is 2.25. The number of aromatic nitrogens is 1. The fourth-order valence-corrected chi connectivity index (χ4v) is 3.69. The predicted molar refractivity (Wildman–Crippen MR) is 111 cm³/mol. The number of nitrogens with two attached hydrogens (primary N) is 1. The van der Waals surface area contributed by atoms with Crippen molar-refractivity contribution in [2.75, 3.05) is 25.4 Å². The Morgan fingerprint density at radius 2 is 2.00 bits per heavy atom. The van der Waals surface area contributed by atoms with Crippen molar-refractivity contribution in [1.82, 2.24) is 14.8 Å². The number of likely N-dealkylation sites (N-methyl/N-ethyl adjacent to an activating group) is 1. The molecule has 28 heavy (non-hydrogen) atoms. The van der Waals surface area contributed by atoms with Gasteiger partial charge in [0.25, 0.3) is 5.91 Å². The third-order valence-electron chi connectivity index (χ3n) is 5.35. The van der Waals surface area contributed by atoms with Crippen molar-refractivity contribution in [3.63, 3.8) is 0 Å². The van der Waals surface area contributed by atoms with E-state index >= 15 is 0 Å². The fourth-order valence-electron chi connectivity index (χ4n) is 3.69. The Labute approximate surface area is 166 Å². The average molecular weight is 380 g/mol. The zero-order valence-electron chi connectivity index (χ0n) is 16.8. The molecule has 0 radical (unpaired) electrons. The molecule has 6 nitrogen and oxygen atoms in total. The van der Waals surface area contributed by atoms with Crippen molar-refractivity contribution in [2.24, 2.45) is 0 Å². The second kappa shape index (κ2) is 8.42. The van der Waals surface area contributed by atoms with E-state index in [1.807, 2.05) is 56.0 Å². The fraction of sp³-hybridized carbons (Fsp3) is 0.409. The maximum atomic E-state index is 13.2. The molecule has 6 heteroatoms. The lowest BCUT2D eigenvalue weighted by Crippen LogP contribution is -2.58. The molecule has 1 fully saturated rings. The van der Waals surface area contributed by atoms with Crippen LogP contribution in [-0.2, 0) is 4.79 Å². The van der Waals surface area contributed by atoms with E-state index in [1.165, 1.54) is 0 Å². The van der Waals surface area contributed by atoms with Crippen molar-refractivity contribution < 1.29 is 9.59 Å². The number of nitrogen functional groups attached to an aromatic ring is 1. The van der Waals surface area contributed by atoms with Gasteiger partial charge in [0.05, 0.1) is 0 Å². The Morgan fingerprint density at radius 1 is 1.21 bits per heavy atom. The van der Waals surface area contributed by atoms with Gasteiger partial charge in [-0.3, -0.25) is 9.59 Å². The summed E-state index contributed by atoms with van der Waals surface area (Å²) < 4.78 is 0. The molecule has 0 saturated carbocycles. The van der Waals surface area contributed by atoms with Crippen LogP contribution in [0.4, 0.5) is 5.82 Å². The molecule has 1 aliphatic rings. The van der Waals surface area contributed by atoms with Gasteiger partial charge >= 0.3 is 0 Å². The maximum Gasteiger partial charge on any atom is 0.254 e. The molecule has 2 aromatic rings. The number of rotatable bonds is 5. The van der Waals surface area contributed by atoms with E-state index in [-0.39, 0.29) is 17.9 Å². The van der Waals surface area contributed by atoms with Crippen molar-refractivity contribution in [2.45, 2.75) is 39.7 Å². The molecule has 2 N–H and O–H groups in total. The Morgan fingerprint density at radius 3 is 2.68 bits per heavy atom. The van der Waals surface area contributed by atoms with Gasteiger partial charge in [0, 0.05) is 37.0 Å². The van der Waals surface area contributed by atoms with Crippen LogP contribution >= 0.6 is 0 Å². The highest BCUT2D eigenvalue weighted by molar-refractivity contribution is 5.99. The Bertz CT molecular complexity index is 881. The summed E-state index contributed by atoms with van der Waals surface area (Å²) in [6.07, 6.45) is 3.26. The largest absolute Gasteiger partial charge is 0.383 e. The van der Waals surface area contributed by atoms with Gasteiger partial charge in [-0.1, -0.05) is 25.5 Å². The predicted octanol–water partition coefficient (Wildman–Crippen LogP) is 3.11. The lowest BCUT2D eigenvalue weighted by molar-refractivity contribution is -0.140. The molecule has 2 amide bonds. The lowest BCUT2D eigenvalue weighted by atomic mass is 10.0. The number of carbonyl (C=O) groups excluding carboxylic acids is 2. The zero-order chi connectivity index (χ0) is 20.3. The Kier molecular flexibility index (Phi) is 5.97. The first-order valence-corrected chi connectivity index (χ1v) is 9.88. The molecule has 148 valence electrons. The molecule has 1 atom stereocenters. The minimum Gasteiger partial charge on any atom is -0.383 e. The van der Waals surface area contributed by atoms with Gasteiger partial charge < -0.3 is 15.5 Å². The molecule has 1 aromatic heterocycles. The number of pyridine rings is 1. The highest BCUT2D eigenvalue weighted by Gasteiger charge is 2.36. The van der Waals surface area contributed by atoms with Gasteiger partial charge in [-0.05, 0) is 49.6 Å². The molecule has 1 aliphatic heterocycles. The van der Waals surface area contributed by atoms with Gasteiger partial charge in [0.2, 0.25) is 5.91 Å². The summed E-state index contributed by atoms with van der Waals surface area (Å²) in [5, 5.41) is 0. The first kappa shape index (κ1) is 19.9. The number of nitrogens with zero attached hydrogens (tertiary/aromatic N) is 3. The van der Waals surface area contributed by atoms with Gasteiger partial charge in [0.1, 0.15) is 11.9 Å². The van der Waals surface area contributed by atoms with Crippen LogP contribution in [0.3, 0.4) is 0 Å². The van der Waals surface area contributed by atoms with Gasteiger partial charge in [-0.2, -0.15) is 0 Å². The molecule has 0 unspecified atom stereocenters. The second-order valence-corrected chi connectivity index (χ2v) is 7.23. The summed E-state index contributed by atoms with van der Waals surface area (Å²) in [4.78, 5) is 33.8. The van der Waals surface area contributed by atoms with Crippen LogP contribution in [0.5, 0.6) is 0 Å². The van der Waals surface area contributed by atoms with Crippen molar-refractivity contribution in [1.29, 1.82) is 0 Å². The van der Waals surface area contributed by atoms with E-state index in [9.17, 15) is 9.59 Å². The number of amides is 2. The van der Waals surface area contributed by atoms with E-state index in [4.69, 9.17) is 5.73 Å². The number of aryl methyl sites for hydroxylation is 1. The van der Waals surface area contributed by atoms with E-state index in [0.29, 0.717) is 37.4 Å². The molecule has 2 heterocycles. The van der Waals surface area contributed by atoms with E-state index < -0.39 is 0 Å². The molecule has 3 rings (SSSR count). The minimum absolute atomic E-state index is 0.0541. The highest BCUT2D eigenvalue weighted by atomic mass is 16.2. The van der Waals surface area contributed by atoms with Crippen LogP contribution in [0, 0.1) is 6.92 Å². The van der Waals surface area contributed by atoms with Gasteiger partial charge in [-0.25, -0.2) is 4.98 Å². The molecule has 1 aromatic carbocycles. The topological polar surface area (TPSA) is 79.5 Å². The van der Waals surface area contributed by atoms with E-state index in [0.717, 1.165) is 23.1 Å². The molecule has 0 bridgehead atoms. The number of hydrogen-bond donors (Lipinski definition) is 1. The van der Waals surface area contributed by atoms with Crippen LogP contribution in [0.2, 0.25) is 0 Å². The minimum atomic E-state index is -0.379. The van der Waals surface area contributed by atoms with Crippen molar-refractivity contribution in [3.8, 4) is 11.1 Å². The number of piperazine rings is 1. The van der Waals surface area contributed by atoms with Crippen LogP contribution in [0.15, 0.2) is 36.5 Å². The third kappa shape index (κ3) is 3.86. The van der Waals surface area contributed by atoms with Crippen molar-refractivity contribution in [3.05, 3.63) is 47.7 Å². The molecule has 1 saturated heterocycles. The summed E-state index contributed by atoms with van der Waals surface area (Å²) in [6, 6.07) is 9.09. The first-order valence-electron chi connectivity index (χ1n) is 9.88. The summed E-state index contributed by atoms with van der Waals surface area (Å²) in [5.74, 6) is 0.466. The van der Waals surface area contributed by atoms with Gasteiger partial charge in [-0.15, -0.1) is 0 Å². The third-order valence-corrected chi connectivity index (χ3v) is 5.35. The maximum absolute atomic E-state index is 13.2. The number of carbonyl (C=O) groups is 2. The second-order valence-electron chi connectivity index (χ2n) is 7.23. The quantitative estimate of drug-likeness (QED) is 0.864. The lowest BCUT2D eigenvalue weighted by Gasteiger charge is -2.40. The molecule has 0 aliphatic carbocycles. The number of benzene rings is 1. The number of hydrogen-bond acceptors (Lipinski definition) is 4. The van der Waals surface area contributed by atoms with Gasteiger partial charge in [0.15, 0.2) is 0 Å². The summed E-state index contributed by atoms with van der Waals surface area (Å²) >= 11 is 0. The molecular formula is C22H28N4O2. The normalized spacial score (nSPS) is 17.1. The standard InChI is InChI=1S/C22H28N4O2/c1-4-7-19-22(28)25(5-2)10-11-26(19)21(27)17-9-6-8-16(13-17)18-12-15(3)20(23)24-14-18/h6,8-9,12-14,19H,4-5,7,10-11H2,1-3H3,(H2,23,24)/t19-/m1/s1. The van der Waals surface area contributed by atoms with Crippen LogP contribution in [-0.4, -0.2) is 52.3 Å². The monoisotopic (exact) mass is 380 g/mol. The Balaban J connectivity index is 1.89. The van der Waals surface area contributed by atoms with Crippen LogP contribution in [0.25, 0.3) is 11.1 Å². The Hall–Kier alpha value is -2.89. The molecular weight excluding hydrogens is 352 g/mol. The summed E-state index contributed by atoms with van der Waals surface area (Å²) in [6.45, 7) is 7.76. The summed E-state index contributed by atoms with van der Waals surface area (Å²) in [7, 11) is 0. The van der Waals surface area contributed by atoms with E-state index in [2.05, 4.69) is 4.98 Å². The van der Waals surface area contributed by atoms with Crippen LogP contribution in [0.1, 0.15) is 42.6 Å². The first-order chi connectivity index (χ1) is 13.5. The van der Waals surface area contributed by atoms with Crippen molar-refractivity contribution >= 4 is 17.6 Å². The molecule has 0 spiro atoms. The van der Waals surface area contributed by atoms with E-state index in [1.54, 1.807) is 11.1 Å². The zero-order valence-corrected chi connectivity index (χ0v) is 16.8. The SMILES string of the molecule is CCC[C@@H]1C(=O)N(CC)CCN1C(=O)c1cccc(-c2cnc(N)c(C)c2)c1. The smallest absolute Gasteiger partial charge is 0.254 e.